The monoisotopic (exact) mass is 420 g/mol. The van der Waals surface area contributed by atoms with E-state index in [9.17, 15) is 14.9 Å². The standard InChI is InChI=1S/C20H24N2O8/c1-5-29-16-7-6-13(10-17(16)27-3)21-20(23)14-11-18(28-4)19(30-9-8-26-2)12-15(14)22(24)25/h6-7,10-12H,5,8-9H2,1-4H3,(H,21,23). The summed E-state index contributed by atoms with van der Waals surface area (Å²) in [4.78, 5) is 23.7. The summed E-state index contributed by atoms with van der Waals surface area (Å²) in [5, 5.41) is 14.2. The van der Waals surface area contributed by atoms with Gasteiger partial charge in [-0.25, -0.2) is 0 Å². The minimum absolute atomic E-state index is 0.139. The molecule has 0 aromatic heterocycles. The first-order valence-corrected chi connectivity index (χ1v) is 9.05. The van der Waals surface area contributed by atoms with E-state index in [4.69, 9.17) is 23.7 Å². The highest BCUT2D eigenvalue weighted by Crippen LogP contribution is 2.36. The minimum atomic E-state index is -0.686. The molecule has 0 atom stereocenters. The zero-order valence-corrected chi connectivity index (χ0v) is 17.2. The molecule has 0 aliphatic heterocycles. The Morgan fingerprint density at radius 3 is 2.27 bits per heavy atom. The van der Waals surface area contributed by atoms with Gasteiger partial charge < -0.3 is 29.0 Å². The van der Waals surface area contributed by atoms with Gasteiger partial charge in [0.1, 0.15) is 12.2 Å². The highest BCUT2D eigenvalue weighted by molar-refractivity contribution is 6.07. The molecule has 162 valence electrons. The maximum Gasteiger partial charge on any atom is 0.286 e. The molecule has 30 heavy (non-hydrogen) atoms. The van der Waals surface area contributed by atoms with Crippen molar-refractivity contribution in [3.63, 3.8) is 0 Å². The quantitative estimate of drug-likeness (QED) is 0.334. The number of amides is 1. The van der Waals surface area contributed by atoms with Crippen molar-refractivity contribution in [3.05, 3.63) is 46.0 Å². The summed E-state index contributed by atoms with van der Waals surface area (Å²) in [6, 6.07) is 7.23. The van der Waals surface area contributed by atoms with Crippen LogP contribution in [0.3, 0.4) is 0 Å². The van der Waals surface area contributed by atoms with Gasteiger partial charge in [0.15, 0.2) is 23.0 Å². The van der Waals surface area contributed by atoms with E-state index in [1.807, 2.05) is 6.92 Å². The number of rotatable bonds is 11. The summed E-state index contributed by atoms with van der Waals surface area (Å²) >= 11 is 0. The fraction of sp³-hybridized carbons (Fsp3) is 0.350. The maximum absolute atomic E-state index is 12.8. The lowest BCUT2D eigenvalue weighted by Crippen LogP contribution is -2.15. The SMILES string of the molecule is CCOc1ccc(NC(=O)c2cc(OC)c(OCCOC)cc2[N+](=O)[O-])cc1OC. The van der Waals surface area contributed by atoms with Gasteiger partial charge in [0, 0.05) is 24.9 Å². The largest absolute Gasteiger partial charge is 0.493 e. The molecule has 0 saturated carbocycles. The molecule has 0 radical (unpaired) electrons. The molecular weight excluding hydrogens is 396 g/mol. The van der Waals surface area contributed by atoms with Crippen molar-refractivity contribution in [2.75, 3.05) is 46.5 Å². The number of nitrogens with one attached hydrogen (secondary N) is 1. The van der Waals surface area contributed by atoms with Gasteiger partial charge in [0.2, 0.25) is 0 Å². The molecule has 1 amide bonds. The van der Waals surface area contributed by atoms with Crippen molar-refractivity contribution in [3.8, 4) is 23.0 Å². The first-order chi connectivity index (χ1) is 14.4. The van der Waals surface area contributed by atoms with Crippen LogP contribution in [0.5, 0.6) is 23.0 Å². The first-order valence-electron chi connectivity index (χ1n) is 9.05. The lowest BCUT2D eigenvalue weighted by molar-refractivity contribution is -0.385. The van der Waals surface area contributed by atoms with Crippen LogP contribution in [-0.2, 0) is 4.74 Å². The fourth-order valence-electron chi connectivity index (χ4n) is 2.61. The van der Waals surface area contributed by atoms with Gasteiger partial charge in [-0.15, -0.1) is 0 Å². The number of nitro benzene ring substituents is 1. The molecule has 10 nitrogen and oxygen atoms in total. The van der Waals surface area contributed by atoms with Crippen LogP contribution < -0.4 is 24.3 Å². The average Bonchev–Trinajstić information content (AvgIpc) is 2.74. The number of methoxy groups -OCH3 is 3. The molecule has 2 rings (SSSR count). The Bertz CT molecular complexity index is 901. The van der Waals surface area contributed by atoms with Gasteiger partial charge in [-0.3, -0.25) is 14.9 Å². The Kier molecular flexibility index (Phi) is 8.24. The van der Waals surface area contributed by atoms with E-state index in [2.05, 4.69) is 5.32 Å². The molecule has 0 unspecified atom stereocenters. The second-order valence-corrected chi connectivity index (χ2v) is 5.87. The van der Waals surface area contributed by atoms with Crippen LogP contribution in [0.2, 0.25) is 0 Å². The first kappa shape index (κ1) is 22.8. The highest BCUT2D eigenvalue weighted by Gasteiger charge is 2.25. The van der Waals surface area contributed by atoms with Crippen molar-refractivity contribution in [1.82, 2.24) is 0 Å². The molecule has 10 heteroatoms. The third kappa shape index (κ3) is 5.51. The van der Waals surface area contributed by atoms with Crippen molar-refractivity contribution in [2.24, 2.45) is 0 Å². The summed E-state index contributed by atoms with van der Waals surface area (Å²) in [6.45, 7) is 2.75. The van der Waals surface area contributed by atoms with Gasteiger partial charge in [0.25, 0.3) is 11.6 Å². The number of nitrogens with zero attached hydrogens (tertiary/aromatic N) is 1. The van der Waals surface area contributed by atoms with Crippen molar-refractivity contribution < 1.29 is 33.4 Å². The number of ether oxygens (including phenoxy) is 5. The van der Waals surface area contributed by atoms with E-state index in [1.54, 1.807) is 18.2 Å². The van der Waals surface area contributed by atoms with Gasteiger partial charge in [-0.1, -0.05) is 0 Å². The van der Waals surface area contributed by atoms with E-state index >= 15 is 0 Å². The van der Waals surface area contributed by atoms with Crippen LogP contribution in [0.25, 0.3) is 0 Å². The van der Waals surface area contributed by atoms with Crippen LogP contribution >= 0.6 is 0 Å². The lowest BCUT2D eigenvalue weighted by atomic mass is 10.1. The van der Waals surface area contributed by atoms with Crippen molar-refractivity contribution in [1.29, 1.82) is 0 Å². The Labute approximate surface area is 173 Å². The van der Waals surface area contributed by atoms with E-state index in [0.717, 1.165) is 6.07 Å². The molecule has 0 aliphatic carbocycles. The number of anilines is 1. The number of hydrogen-bond acceptors (Lipinski definition) is 8. The Morgan fingerprint density at radius 1 is 0.967 bits per heavy atom. The Hall–Kier alpha value is -3.53. The predicted molar refractivity (Wildman–Crippen MR) is 109 cm³/mol. The van der Waals surface area contributed by atoms with Crippen LogP contribution in [0, 0.1) is 10.1 Å². The number of hydrogen-bond donors (Lipinski definition) is 1. The predicted octanol–water partition coefficient (Wildman–Crippen LogP) is 3.29. The molecule has 0 saturated heterocycles. The Morgan fingerprint density at radius 2 is 1.67 bits per heavy atom. The molecule has 0 aliphatic rings. The van der Waals surface area contributed by atoms with Gasteiger partial charge in [-0.2, -0.15) is 0 Å². The zero-order valence-electron chi connectivity index (χ0n) is 17.2. The number of carbonyl (C=O) groups is 1. The molecule has 2 aromatic carbocycles. The third-order valence-corrected chi connectivity index (χ3v) is 3.99. The van der Waals surface area contributed by atoms with Crippen molar-refractivity contribution in [2.45, 2.75) is 6.92 Å². The summed E-state index contributed by atoms with van der Waals surface area (Å²) in [5.74, 6) is 0.577. The fourth-order valence-corrected chi connectivity index (χ4v) is 2.61. The van der Waals surface area contributed by atoms with Crippen LogP contribution in [-0.4, -0.2) is 52.0 Å². The summed E-state index contributed by atoms with van der Waals surface area (Å²) in [5.41, 5.74) is -0.212. The second-order valence-electron chi connectivity index (χ2n) is 5.87. The number of benzene rings is 2. The van der Waals surface area contributed by atoms with Gasteiger partial charge in [-0.05, 0) is 19.1 Å². The van der Waals surface area contributed by atoms with Crippen LogP contribution in [0.4, 0.5) is 11.4 Å². The van der Waals surface area contributed by atoms with Gasteiger partial charge in [0.05, 0.1) is 38.4 Å². The van der Waals surface area contributed by atoms with Crippen LogP contribution in [0.15, 0.2) is 30.3 Å². The molecule has 0 spiro atoms. The van der Waals surface area contributed by atoms with E-state index in [-0.39, 0.29) is 23.7 Å². The maximum atomic E-state index is 12.8. The normalized spacial score (nSPS) is 10.3. The molecule has 0 bridgehead atoms. The summed E-state index contributed by atoms with van der Waals surface area (Å²) in [7, 11) is 4.36. The molecule has 0 heterocycles. The smallest absolute Gasteiger partial charge is 0.286 e. The molecule has 2 aromatic rings. The third-order valence-electron chi connectivity index (χ3n) is 3.99. The van der Waals surface area contributed by atoms with Gasteiger partial charge >= 0.3 is 0 Å². The highest BCUT2D eigenvalue weighted by atomic mass is 16.6. The van der Waals surface area contributed by atoms with Crippen LogP contribution in [0.1, 0.15) is 17.3 Å². The van der Waals surface area contributed by atoms with E-state index in [1.165, 1.54) is 27.4 Å². The molecular formula is C20H24N2O8. The zero-order chi connectivity index (χ0) is 22.1. The van der Waals surface area contributed by atoms with Crippen molar-refractivity contribution >= 4 is 17.3 Å². The lowest BCUT2D eigenvalue weighted by Gasteiger charge is -2.14. The molecule has 1 N–H and O–H groups in total. The summed E-state index contributed by atoms with van der Waals surface area (Å²) in [6.07, 6.45) is 0. The second kappa shape index (κ2) is 10.9. The minimum Gasteiger partial charge on any atom is -0.493 e. The van der Waals surface area contributed by atoms with E-state index in [0.29, 0.717) is 30.4 Å². The number of nitro groups is 1. The molecule has 0 fully saturated rings. The summed E-state index contributed by atoms with van der Waals surface area (Å²) < 4.78 is 26.3. The topological polar surface area (TPSA) is 118 Å². The Balaban J connectivity index is 2.35. The average molecular weight is 420 g/mol. The van der Waals surface area contributed by atoms with E-state index < -0.39 is 16.5 Å². The number of carbonyl (C=O) groups excluding carboxylic acids is 1.